The van der Waals surface area contributed by atoms with Crippen molar-refractivity contribution in [2.45, 2.75) is 12.8 Å². The van der Waals surface area contributed by atoms with E-state index in [0.29, 0.717) is 60.7 Å². The highest BCUT2D eigenvalue weighted by Crippen LogP contribution is 2.31. The Morgan fingerprint density at radius 1 is 0.773 bits per heavy atom. The molecule has 2 amide bonds. The summed E-state index contributed by atoms with van der Waals surface area (Å²) in [6, 6.07) is 15.1. The van der Waals surface area contributed by atoms with Gasteiger partial charge in [0.1, 0.15) is 0 Å². The average molecular weight is 627 g/mol. The first-order chi connectivity index (χ1) is 21.3. The lowest BCUT2D eigenvalue weighted by Gasteiger charge is -2.08. The van der Waals surface area contributed by atoms with Gasteiger partial charge in [-0.05, 0) is 48.2 Å². The molecule has 14 heteroatoms. The number of aromatic nitrogens is 2. The van der Waals surface area contributed by atoms with Crippen molar-refractivity contribution in [1.82, 2.24) is 19.8 Å². The van der Waals surface area contributed by atoms with Crippen LogP contribution in [0.4, 0.5) is 21.6 Å². The minimum absolute atomic E-state index is 0.0732. The van der Waals surface area contributed by atoms with Crippen LogP contribution in [0.3, 0.4) is 0 Å². The molecular formula is C30H30N10O2S2. The maximum absolute atomic E-state index is 12.2. The van der Waals surface area contributed by atoms with Crippen LogP contribution in [0.5, 0.6) is 0 Å². The summed E-state index contributed by atoms with van der Waals surface area (Å²) >= 11 is 2.83. The lowest BCUT2D eigenvalue weighted by molar-refractivity contribution is -0.120. The minimum atomic E-state index is -0.153. The van der Waals surface area contributed by atoms with Crippen molar-refractivity contribution in [3.8, 4) is 33.3 Å². The molecule has 44 heavy (non-hydrogen) atoms. The predicted molar refractivity (Wildman–Crippen MR) is 172 cm³/mol. The molecule has 2 aliphatic rings. The molecule has 0 saturated carbocycles. The molecule has 2 atom stereocenters. The van der Waals surface area contributed by atoms with E-state index in [4.69, 9.17) is 22.0 Å². The second kappa shape index (κ2) is 13.9. The number of rotatable bonds is 6. The first-order valence-electron chi connectivity index (χ1n) is 13.9. The molecule has 6 rings (SSSR count). The lowest BCUT2D eigenvalue weighted by atomic mass is 10.1. The molecule has 2 unspecified atom stereocenters. The van der Waals surface area contributed by atoms with Crippen molar-refractivity contribution in [3.63, 3.8) is 0 Å². The molecule has 4 heterocycles. The van der Waals surface area contributed by atoms with Gasteiger partial charge in [-0.2, -0.15) is 10.5 Å². The summed E-state index contributed by atoms with van der Waals surface area (Å²) in [4.78, 5) is 38.0. The van der Waals surface area contributed by atoms with E-state index in [9.17, 15) is 9.59 Å². The number of hydrogen-bond acceptors (Lipinski definition) is 12. The number of amides is 2. The number of thiazole rings is 2. The third-order valence-electron chi connectivity index (χ3n) is 7.24. The van der Waals surface area contributed by atoms with Crippen LogP contribution in [-0.4, -0.2) is 57.8 Å². The molecule has 0 radical (unpaired) electrons. The van der Waals surface area contributed by atoms with E-state index in [0.717, 1.165) is 20.9 Å². The molecule has 4 aromatic rings. The number of nitrogens with two attached hydrogens (primary N) is 2. The first-order valence-corrected chi connectivity index (χ1v) is 15.5. The van der Waals surface area contributed by atoms with Crippen LogP contribution in [0.15, 0.2) is 60.9 Å². The van der Waals surface area contributed by atoms with Gasteiger partial charge in [0.25, 0.3) is 0 Å². The van der Waals surface area contributed by atoms with Crippen molar-refractivity contribution in [2.75, 3.05) is 48.3 Å². The summed E-state index contributed by atoms with van der Waals surface area (Å²) in [7, 11) is 0. The number of likely N-dealkylation sites (tertiary alicyclic amines) is 2. The van der Waals surface area contributed by atoms with Crippen LogP contribution < -0.4 is 22.1 Å². The van der Waals surface area contributed by atoms with E-state index < -0.39 is 0 Å². The van der Waals surface area contributed by atoms with Gasteiger partial charge in [0.05, 0.1) is 21.6 Å². The summed E-state index contributed by atoms with van der Waals surface area (Å²) in [6.07, 6.45) is 9.02. The largest absolute Gasteiger partial charge is 0.399 e. The molecule has 12 nitrogen and oxygen atoms in total. The van der Waals surface area contributed by atoms with E-state index in [-0.39, 0.29) is 23.7 Å². The van der Waals surface area contributed by atoms with E-state index in [2.05, 4.69) is 33.0 Å². The topological polar surface area (TPSA) is 190 Å². The molecule has 224 valence electrons. The minimum Gasteiger partial charge on any atom is -0.399 e. The zero-order chi connectivity index (χ0) is 31.1. The predicted octanol–water partition coefficient (Wildman–Crippen LogP) is 4.27. The Morgan fingerprint density at radius 2 is 1.30 bits per heavy atom. The monoisotopic (exact) mass is 626 g/mol. The summed E-state index contributed by atoms with van der Waals surface area (Å²) in [5.41, 5.74) is 14.9. The van der Waals surface area contributed by atoms with E-state index in [1.165, 1.54) is 22.7 Å². The number of nitrogens with zero attached hydrogens (tertiary/aromatic N) is 6. The number of carbonyl (C=O) groups excluding carboxylic acids is 2. The zero-order valence-electron chi connectivity index (χ0n) is 23.6. The first kappa shape index (κ1) is 30.3. The number of hydrogen-bond donors (Lipinski definition) is 4. The molecule has 2 saturated heterocycles. The Bertz CT molecular complexity index is 1710. The van der Waals surface area contributed by atoms with Crippen molar-refractivity contribution in [3.05, 3.63) is 60.9 Å². The standard InChI is InChI=1S/2C15H15N5OS/c16-9-20-6-5-11(8-20)14(21)19-15-18-7-13(22-15)10-1-3-12(17)4-2-10;16-9-20-5-4-11(8-20)14(21)19-15-18-7-13(22-15)10-2-1-3-12(17)6-10/h1-4,7,11H,5-6,8,17H2,(H,18,19,21);1-3,6-7,11H,4-5,8,17H2,(H,18,19,21). The number of carbonyl (C=O) groups is 2. The number of nitrogens with one attached hydrogen (secondary N) is 2. The normalized spacial score (nSPS) is 17.2. The van der Waals surface area contributed by atoms with Gasteiger partial charge < -0.3 is 31.9 Å². The second-order valence-corrected chi connectivity index (χ2v) is 12.4. The van der Waals surface area contributed by atoms with Crippen molar-refractivity contribution in [2.24, 2.45) is 11.8 Å². The quantitative estimate of drug-likeness (QED) is 0.178. The lowest BCUT2D eigenvalue weighted by Crippen LogP contribution is -2.25. The van der Waals surface area contributed by atoms with Crippen LogP contribution >= 0.6 is 22.7 Å². The fraction of sp³-hybridized carbons (Fsp3) is 0.267. The highest BCUT2D eigenvalue weighted by molar-refractivity contribution is 7.19. The summed E-state index contributed by atoms with van der Waals surface area (Å²) in [5.74, 6) is -0.454. The summed E-state index contributed by atoms with van der Waals surface area (Å²) < 4.78 is 0. The molecular weight excluding hydrogens is 597 g/mol. The smallest absolute Gasteiger partial charge is 0.231 e. The van der Waals surface area contributed by atoms with E-state index in [1.54, 1.807) is 22.2 Å². The molecule has 2 aromatic carbocycles. The maximum atomic E-state index is 12.2. The van der Waals surface area contributed by atoms with Crippen LogP contribution in [-0.2, 0) is 9.59 Å². The summed E-state index contributed by atoms with van der Waals surface area (Å²) in [6.45, 7) is 2.25. The highest BCUT2D eigenvalue weighted by atomic mass is 32.1. The van der Waals surface area contributed by atoms with Gasteiger partial charge >= 0.3 is 0 Å². The van der Waals surface area contributed by atoms with Crippen molar-refractivity contribution < 1.29 is 9.59 Å². The van der Waals surface area contributed by atoms with E-state index in [1.807, 2.05) is 48.5 Å². The molecule has 2 aliphatic heterocycles. The van der Waals surface area contributed by atoms with Gasteiger partial charge in [0, 0.05) is 49.9 Å². The zero-order valence-corrected chi connectivity index (χ0v) is 25.3. The van der Waals surface area contributed by atoms with Crippen LogP contribution in [0.2, 0.25) is 0 Å². The van der Waals surface area contributed by atoms with Crippen LogP contribution in [0.1, 0.15) is 12.8 Å². The van der Waals surface area contributed by atoms with Gasteiger partial charge in [-0.25, -0.2) is 9.97 Å². The Kier molecular flexibility index (Phi) is 9.54. The molecule has 2 fully saturated rings. The Balaban J connectivity index is 0.000000175. The third-order valence-corrected chi connectivity index (χ3v) is 9.16. The highest BCUT2D eigenvalue weighted by Gasteiger charge is 2.29. The molecule has 0 bridgehead atoms. The molecule has 2 aromatic heterocycles. The van der Waals surface area contributed by atoms with E-state index >= 15 is 0 Å². The Hall–Kier alpha value is -5.18. The second-order valence-electron chi connectivity index (χ2n) is 10.3. The average Bonchev–Trinajstić information content (AvgIpc) is 3.85. The molecule has 6 N–H and O–H groups in total. The van der Waals surface area contributed by atoms with Crippen LogP contribution in [0, 0.1) is 34.7 Å². The van der Waals surface area contributed by atoms with Gasteiger partial charge in [-0.1, -0.05) is 46.9 Å². The van der Waals surface area contributed by atoms with Crippen LogP contribution in [0.25, 0.3) is 20.9 Å². The SMILES string of the molecule is N#CN1CCC(C(=O)Nc2ncc(-c3ccc(N)cc3)s2)C1.N#CN1CCC(C(=O)Nc2ncc(-c3cccc(N)c3)s2)C1. The van der Waals surface area contributed by atoms with Gasteiger partial charge in [-0.15, -0.1) is 0 Å². The fourth-order valence-corrected chi connectivity index (χ4v) is 6.46. The Labute approximate surface area is 262 Å². The third kappa shape index (κ3) is 7.60. The number of nitriles is 2. The van der Waals surface area contributed by atoms with Gasteiger partial charge in [0.15, 0.2) is 22.6 Å². The van der Waals surface area contributed by atoms with Crippen molar-refractivity contribution >= 4 is 56.1 Å². The number of anilines is 4. The summed E-state index contributed by atoms with van der Waals surface area (Å²) in [5, 5.41) is 24.5. The molecule has 0 spiro atoms. The van der Waals surface area contributed by atoms with Gasteiger partial charge in [0.2, 0.25) is 11.8 Å². The number of nitrogen functional groups attached to an aromatic ring is 2. The van der Waals surface area contributed by atoms with Crippen molar-refractivity contribution in [1.29, 1.82) is 10.5 Å². The fourth-order valence-electron chi connectivity index (χ4n) is 4.82. The van der Waals surface area contributed by atoms with Gasteiger partial charge in [-0.3, -0.25) is 9.59 Å². The number of benzene rings is 2. The Morgan fingerprint density at radius 3 is 1.77 bits per heavy atom. The maximum Gasteiger partial charge on any atom is 0.231 e. The molecule has 0 aliphatic carbocycles.